The number of anilines is 1. The zero-order valence-electron chi connectivity index (χ0n) is 12.7. The number of ether oxygens (including phenoxy) is 1. The molecule has 0 aromatic heterocycles. The number of hydrogen-bond donors (Lipinski definition) is 1. The van der Waals surface area contributed by atoms with E-state index in [0.717, 1.165) is 6.21 Å². The lowest BCUT2D eigenvalue weighted by Gasteiger charge is -2.13. The summed E-state index contributed by atoms with van der Waals surface area (Å²) in [5.41, 5.74) is -2.19. The van der Waals surface area contributed by atoms with E-state index in [1.54, 1.807) is 11.5 Å². The molecule has 0 spiro atoms. The predicted molar refractivity (Wildman–Crippen MR) is 83.2 cm³/mol. The van der Waals surface area contributed by atoms with Gasteiger partial charge in [-0.2, -0.15) is 18.3 Å². The average molecular weight is 445 g/mol. The first-order chi connectivity index (χ1) is 12.1. The lowest BCUT2D eigenvalue weighted by molar-refractivity contribution is -0.143. The quantitative estimate of drug-likeness (QED) is 0.293. The Kier molecular flexibility index (Phi) is 5.79. The molecule has 0 saturated carbocycles. The second-order valence-electron chi connectivity index (χ2n) is 4.76. The lowest BCUT2D eigenvalue weighted by Crippen LogP contribution is -2.16. The van der Waals surface area contributed by atoms with Gasteiger partial charge in [0.2, 0.25) is 0 Å². The molecular formula is C15H8BrF7N2O. The molecule has 26 heavy (non-hydrogen) atoms. The highest BCUT2D eigenvalue weighted by Crippen LogP contribution is 2.38. The maximum Gasteiger partial charge on any atom is 0.422 e. The van der Waals surface area contributed by atoms with Gasteiger partial charge in [-0.15, -0.1) is 0 Å². The molecule has 2 aromatic carbocycles. The molecule has 0 saturated heterocycles. The third-order valence-corrected chi connectivity index (χ3v) is 3.61. The topological polar surface area (TPSA) is 33.6 Å². The summed E-state index contributed by atoms with van der Waals surface area (Å²) in [5.74, 6) is -9.35. The number of rotatable bonds is 4. The Labute approximate surface area is 150 Å². The van der Waals surface area contributed by atoms with Crippen LogP contribution < -0.4 is 10.2 Å². The van der Waals surface area contributed by atoms with Crippen LogP contribution in [-0.2, 0) is 6.18 Å². The van der Waals surface area contributed by atoms with E-state index in [4.69, 9.17) is 4.74 Å². The van der Waals surface area contributed by atoms with Crippen LogP contribution in [0, 0.1) is 23.3 Å². The first kappa shape index (κ1) is 20.0. The fourth-order valence-electron chi connectivity index (χ4n) is 1.95. The molecule has 0 aliphatic heterocycles. The van der Waals surface area contributed by atoms with Gasteiger partial charge in [0.25, 0.3) is 0 Å². The van der Waals surface area contributed by atoms with E-state index in [9.17, 15) is 30.7 Å². The summed E-state index contributed by atoms with van der Waals surface area (Å²) in [6.07, 6.45) is -4.61. The van der Waals surface area contributed by atoms with E-state index in [-0.39, 0.29) is 0 Å². The number of hydrazone groups is 1. The molecule has 0 radical (unpaired) electrons. The molecule has 1 N–H and O–H groups in total. The Morgan fingerprint density at radius 2 is 1.62 bits per heavy atom. The molecule has 0 bridgehead atoms. The van der Waals surface area contributed by atoms with E-state index >= 15 is 0 Å². The van der Waals surface area contributed by atoms with E-state index in [1.165, 1.54) is 19.2 Å². The van der Waals surface area contributed by atoms with Gasteiger partial charge >= 0.3 is 6.18 Å². The molecule has 0 aliphatic rings. The number of nitrogens with one attached hydrogen (secondary N) is 1. The fourth-order valence-corrected chi connectivity index (χ4v) is 2.33. The standard InChI is InChI=1S/C15H8BrF7N2O/c1-26-8-3-2-7(16)4-6(8)5-24-25-14-12(19)10(17)9(15(21,22)23)11(18)13(14)20/h2-5,25H,1H3/b24-5-. The third kappa shape index (κ3) is 3.92. The number of benzene rings is 2. The molecule has 2 rings (SSSR count). The number of methoxy groups -OCH3 is 1. The number of hydrogen-bond acceptors (Lipinski definition) is 3. The van der Waals surface area contributed by atoms with Crippen LogP contribution in [0.25, 0.3) is 0 Å². The van der Waals surface area contributed by atoms with Gasteiger partial charge in [-0.25, -0.2) is 17.6 Å². The fraction of sp³-hybridized carbons (Fsp3) is 0.133. The summed E-state index contributed by atoms with van der Waals surface area (Å²) in [7, 11) is 1.34. The first-order valence-electron chi connectivity index (χ1n) is 6.63. The highest BCUT2D eigenvalue weighted by Gasteiger charge is 2.42. The Bertz CT molecular complexity index is 839. The SMILES string of the molecule is COc1ccc(Br)cc1/C=N\Nc1c(F)c(F)c(C(F)(F)F)c(F)c1F. The van der Waals surface area contributed by atoms with Crippen molar-refractivity contribution in [3.05, 3.63) is 57.1 Å². The smallest absolute Gasteiger partial charge is 0.422 e. The molecule has 3 nitrogen and oxygen atoms in total. The molecule has 0 amide bonds. The van der Waals surface area contributed by atoms with Crippen LogP contribution in [0.5, 0.6) is 5.75 Å². The van der Waals surface area contributed by atoms with Crippen molar-refractivity contribution in [1.82, 2.24) is 0 Å². The summed E-state index contributed by atoms with van der Waals surface area (Å²) in [6, 6.07) is 4.66. The van der Waals surface area contributed by atoms with Crippen molar-refractivity contribution >= 4 is 27.8 Å². The minimum atomic E-state index is -5.61. The van der Waals surface area contributed by atoms with Gasteiger partial charge in [-0.05, 0) is 18.2 Å². The minimum absolute atomic E-state index is 0.308. The molecule has 0 atom stereocenters. The Balaban J connectivity index is 2.41. The second kappa shape index (κ2) is 7.52. The molecule has 2 aromatic rings. The van der Waals surface area contributed by atoms with Gasteiger partial charge in [0.05, 0.1) is 13.3 Å². The Hall–Kier alpha value is -2.30. The maximum atomic E-state index is 13.7. The van der Waals surface area contributed by atoms with Crippen molar-refractivity contribution in [3.8, 4) is 5.75 Å². The third-order valence-electron chi connectivity index (χ3n) is 3.12. The van der Waals surface area contributed by atoms with Crippen LogP contribution in [0.3, 0.4) is 0 Å². The van der Waals surface area contributed by atoms with Gasteiger partial charge < -0.3 is 4.74 Å². The van der Waals surface area contributed by atoms with E-state index in [2.05, 4.69) is 21.0 Å². The Morgan fingerprint density at radius 3 is 2.12 bits per heavy atom. The highest BCUT2D eigenvalue weighted by molar-refractivity contribution is 9.10. The number of halogens is 8. The molecule has 0 aliphatic carbocycles. The van der Waals surface area contributed by atoms with Gasteiger partial charge in [0, 0.05) is 10.0 Å². The predicted octanol–water partition coefficient (Wildman–Crippen LogP) is 5.48. The zero-order chi connectivity index (χ0) is 19.6. The van der Waals surface area contributed by atoms with Crippen LogP contribution >= 0.6 is 15.9 Å². The summed E-state index contributed by atoms with van der Waals surface area (Å²) in [4.78, 5) is 0. The average Bonchev–Trinajstić information content (AvgIpc) is 2.55. The maximum absolute atomic E-state index is 13.7. The van der Waals surface area contributed by atoms with Crippen molar-refractivity contribution in [1.29, 1.82) is 0 Å². The largest absolute Gasteiger partial charge is 0.496 e. The van der Waals surface area contributed by atoms with Crippen molar-refractivity contribution in [2.45, 2.75) is 6.18 Å². The molecule has 140 valence electrons. The molecule has 0 fully saturated rings. The number of alkyl halides is 3. The summed E-state index contributed by atoms with van der Waals surface area (Å²) in [6.45, 7) is 0. The molecular weight excluding hydrogens is 437 g/mol. The summed E-state index contributed by atoms with van der Waals surface area (Å²) >= 11 is 3.17. The molecule has 0 heterocycles. The van der Waals surface area contributed by atoms with Gasteiger partial charge in [-0.3, -0.25) is 5.43 Å². The zero-order valence-corrected chi connectivity index (χ0v) is 14.3. The van der Waals surface area contributed by atoms with E-state index in [1.807, 2.05) is 0 Å². The van der Waals surface area contributed by atoms with Crippen molar-refractivity contribution in [2.75, 3.05) is 12.5 Å². The minimum Gasteiger partial charge on any atom is -0.496 e. The molecule has 0 unspecified atom stereocenters. The summed E-state index contributed by atoms with van der Waals surface area (Å²) in [5, 5.41) is 3.39. The van der Waals surface area contributed by atoms with Gasteiger partial charge in [0.15, 0.2) is 23.3 Å². The van der Waals surface area contributed by atoms with Crippen molar-refractivity contribution < 1.29 is 35.5 Å². The van der Waals surface area contributed by atoms with Gasteiger partial charge in [-0.1, -0.05) is 15.9 Å². The Morgan fingerprint density at radius 1 is 1.04 bits per heavy atom. The van der Waals surface area contributed by atoms with Gasteiger partial charge in [0.1, 0.15) is 17.0 Å². The van der Waals surface area contributed by atoms with Crippen molar-refractivity contribution in [3.63, 3.8) is 0 Å². The first-order valence-corrected chi connectivity index (χ1v) is 7.43. The van der Waals surface area contributed by atoms with Crippen molar-refractivity contribution in [2.24, 2.45) is 5.10 Å². The van der Waals surface area contributed by atoms with Crippen LogP contribution in [0.4, 0.5) is 36.4 Å². The van der Waals surface area contributed by atoms with Crippen LogP contribution in [0.2, 0.25) is 0 Å². The number of nitrogens with zero attached hydrogens (tertiary/aromatic N) is 1. The lowest BCUT2D eigenvalue weighted by atomic mass is 10.1. The van der Waals surface area contributed by atoms with Crippen LogP contribution in [0.1, 0.15) is 11.1 Å². The monoisotopic (exact) mass is 444 g/mol. The van der Waals surface area contributed by atoms with E-state index in [0.29, 0.717) is 15.8 Å². The van der Waals surface area contributed by atoms with Crippen LogP contribution in [0.15, 0.2) is 27.8 Å². The summed E-state index contributed by atoms with van der Waals surface area (Å²) < 4.78 is 97.6. The van der Waals surface area contributed by atoms with E-state index < -0.39 is 40.7 Å². The van der Waals surface area contributed by atoms with Crippen LogP contribution in [-0.4, -0.2) is 13.3 Å². The second-order valence-corrected chi connectivity index (χ2v) is 5.68. The highest BCUT2D eigenvalue weighted by atomic mass is 79.9. The normalized spacial score (nSPS) is 11.9. The molecule has 11 heteroatoms.